The standard InChI is InChI=1S/C18H27N/c1-11(2)15-16(18(3,4)5)13-7-6-8-14(13)19-17(15)12-9-10-12/h11-12H,6-10H2,1-5H3. The predicted octanol–water partition coefficient (Wildman–Crippen LogP) is 4.87. The lowest BCUT2D eigenvalue weighted by Crippen LogP contribution is -2.21. The van der Waals surface area contributed by atoms with Gasteiger partial charge < -0.3 is 0 Å². The van der Waals surface area contributed by atoms with Gasteiger partial charge in [0.2, 0.25) is 0 Å². The van der Waals surface area contributed by atoms with E-state index in [9.17, 15) is 0 Å². The largest absolute Gasteiger partial charge is 0.257 e. The zero-order valence-electron chi connectivity index (χ0n) is 13.1. The molecule has 0 aliphatic heterocycles. The van der Waals surface area contributed by atoms with Gasteiger partial charge in [-0.1, -0.05) is 34.6 Å². The van der Waals surface area contributed by atoms with E-state index in [1.807, 2.05) is 0 Å². The summed E-state index contributed by atoms with van der Waals surface area (Å²) in [5, 5.41) is 0. The van der Waals surface area contributed by atoms with Gasteiger partial charge >= 0.3 is 0 Å². The fraction of sp³-hybridized carbons (Fsp3) is 0.722. The van der Waals surface area contributed by atoms with E-state index in [0.717, 1.165) is 5.92 Å². The van der Waals surface area contributed by atoms with Crippen LogP contribution in [0.25, 0.3) is 0 Å². The van der Waals surface area contributed by atoms with Gasteiger partial charge in [-0.2, -0.15) is 0 Å². The Labute approximate surface area is 117 Å². The van der Waals surface area contributed by atoms with Gasteiger partial charge in [-0.3, -0.25) is 4.98 Å². The van der Waals surface area contributed by atoms with Gasteiger partial charge in [0.15, 0.2) is 0 Å². The Balaban J connectivity index is 2.28. The van der Waals surface area contributed by atoms with Gasteiger partial charge in [0.05, 0.1) is 0 Å². The van der Waals surface area contributed by atoms with Crippen molar-refractivity contribution in [1.29, 1.82) is 0 Å². The fourth-order valence-corrected chi connectivity index (χ4v) is 3.73. The Morgan fingerprint density at radius 2 is 1.79 bits per heavy atom. The van der Waals surface area contributed by atoms with Gasteiger partial charge in [0.1, 0.15) is 0 Å². The molecule has 0 spiro atoms. The maximum Gasteiger partial charge on any atom is 0.0475 e. The SMILES string of the molecule is CC(C)c1c(C2CC2)nc2c(c1C(C)(C)C)CCC2. The summed E-state index contributed by atoms with van der Waals surface area (Å²) in [6.07, 6.45) is 6.47. The molecule has 1 saturated carbocycles. The zero-order valence-corrected chi connectivity index (χ0v) is 13.1. The molecule has 0 radical (unpaired) electrons. The molecule has 104 valence electrons. The van der Waals surface area contributed by atoms with Crippen LogP contribution in [0.4, 0.5) is 0 Å². The van der Waals surface area contributed by atoms with Crippen LogP contribution in [0.15, 0.2) is 0 Å². The Bertz CT molecular complexity index is 501. The Morgan fingerprint density at radius 3 is 2.32 bits per heavy atom. The highest BCUT2D eigenvalue weighted by Crippen LogP contribution is 2.47. The molecule has 0 bridgehead atoms. The second-order valence-electron chi connectivity index (χ2n) is 7.74. The molecular formula is C18H27N. The highest BCUT2D eigenvalue weighted by molar-refractivity contribution is 5.49. The van der Waals surface area contributed by atoms with E-state index in [4.69, 9.17) is 4.98 Å². The van der Waals surface area contributed by atoms with Crippen LogP contribution in [-0.2, 0) is 18.3 Å². The minimum Gasteiger partial charge on any atom is -0.257 e. The minimum atomic E-state index is 0.251. The Morgan fingerprint density at radius 1 is 1.11 bits per heavy atom. The third-order valence-corrected chi connectivity index (χ3v) is 4.58. The van der Waals surface area contributed by atoms with Crippen molar-refractivity contribution >= 4 is 0 Å². The summed E-state index contributed by atoms with van der Waals surface area (Å²) in [5.74, 6) is 1.37. The summed E-state index contributed by atoms with van der Waals surface area (Å²) in [7, 11) is 0. The van der Waals surface area contributed by atoms with Gasteiger partial charge in [0, 0.05) is 17.3 Å². The third-order valence-electron chi connectivity index (χ3n) is 4.58. The van der Waals surface area contributed by atoms with Crippen LogP contribution in [0.1, 0.15) is 93.8 Å². The summed E-state index contributed by atoms with van der Waals surface area (Å²) < 4.78 is 0. The number of hydrogen-bond acceptors (Lipinski definition) is 1. The van der Waals surface area contributed by atoms with Crippen molar-refractivity contribution in [3.8, 4) is 0 Å². The van der Waals surface area contributed by atoms with Crippen molar-refractivity contribution < 1.29 is 0 Å². The van der Waals surface area contributed by atoms with Crippen molar-refractivity contribution in [2.24, 2.45) is 0 Å². The van der Waals surface area contributed by atoms with E-state index in [-0.39, 0.29) is 5.41 Å². The molecule has 3 rings (SSSR count). The van der Waals surface area contributed by atoms with Crippen LogP contribution in [0, 0.1) is 0 Å². The van der Waals surface area contributed by atoms with E-state index in [2.05, 4.69) is 34.6 Å². The number of aromatic nitrogens is 1. The molecule has 19 heavy (non-hydrogen) atoms. The van der Waals surface area contributed by atoms with Gasteiger partial charge in [-0.25, -0.2) is 0 Å². The number of rotatable bonds is 2. The summed E-state index contributed by atoms with van der Waals surface area (Å²) in [5.41, 5.74) is 7.97. The lowest BCUT2D eigenvalue weighted by molar-refractivity contribution is 0.565. The number of fused-ring (bicyclic) bond motifs is 1. The smallest absolute Gasteiger partial charge is 0.0475 e. The third kappa shape index (κ3) is 2.22. The number of pyridine rings is 1. The number of aryl methyl sites for hydroxylation is 1. The molecule has 0 aromatic carbocycles. The van der Waals surface area contributed by atoms with E-state index in [0.29, 0.717) is 5.92 Å². The maximum atomic E-state index is 5.11. The van der Waals surface area contributed by atoms with Crippen LogP contribution in [0.3, 0.4) is 0 Å². The van der Waals surface area contributed by atoms with E-state index in [1.54, 1.807) is 16.7 Å². The molecule has 1 nitrogen and oxygen atoms in total. The first-order valence-electron chi connectivity index (χ1n) is 7.95. The lowest BCUT2D eigenvalue weighted by atomic mass is 9.76. The lowest BCUT2D eigenvalue weighted by Gasteiger charge is -2.30. The first kappa shape index (κ1) is 13.1. The molecule has 0 atom stereocenters. The molecule has 0 N–H and O–H groups in total. The van der Waals surface area contributed by atoms with Crippen LogP contribution < -0.4 is 0 Å². The quantitative estimate of drug-likeness (QED) is 0.736. The summed E-state index contributed by atoms with van der Waals surface area (Å²) >= 11 is 0. The monoisotopic (exact) mass is 257 g/mol. The summed E-state index contributed by atoms with van der Waals surface area (Å²) in [6, 6.07) is 0. The molecule has 1 aromatic heterocycles. The molecular weight excluding hydrogens is 230 g/mol. The van der Waals surface area contributed by atoms with Crippen molar-refractivity contribution in [2.75, 3.05) is 0 Å². The topological polar surface area (TPSA) is 12.9 Å². The first-order valence-corrected chi connectivity index (χ1v) is 7.95. The first-order chi connectivity index (χ1) is 8.89. The molecule has 1 aromatic rings. The zero-order chi connectivity index (χ0) is 13.8. The summed E-state index contributed by atoms with van der Waals surface area (Å²) in [6.45, 7) is 11.8. The van der Waals surface area contributed by atoms with Crippen LogP contribution in [0.2, 0.25) is 0 Å². The van der Waals surface area contributed by atoms with Crippen LogP contribution in [0.5, 0.6) is 0 Å². The van der Waals surface area contributed by atoms with Crippen molar-refractivity contribution in [3.63, 3.8) is 0 Å². The molecule has 2 aliphatic rings. The molecule has 0 unspecified atom stereocenters. The molecule has 1 fully saturated rings. The van der Waals surface area contributed by atoms with Crippen LogP contribution >= 0.6 is 0 Å². The molecule has 1 heterocycles. The normalized spacial score (nSPS) is 19.1. The number of hydrogen-bond donors (Lipinski definition) is 0. The van der Waals surface area contributed by atoms with Gasteiger partial charge in [-0.05, 0) is 60.1 Å². The maximum absolute atomic E-state index is 5.11. The number of nitrogens with zero attached hydrogens (tertiary/aromatic N) is 1. The minimum absolute atomic E-state index is 0.251. The van der Waals surface area contributed by atoms with E-state index in [1.165, 1.54) is 43.5 Å². The molecule has 0 amide bonds. The second kappa shape index (κ2) is 4.33. The molecule has 2 aliphatic carbocycles. The van der Waals surface area contributed by atoms with Gasteiger partial charge in [-0.15, -0.1) is 0 Å². The Hall–Kier alpha value is -0.850. The van der Waals surface area contributed by atoms with Crippen molar-refractivity contribution in [1.82, 2.24) is 4.98 Å². The van der Waals surface area contributed by atoms with Gasteiger partial charge in [0.25, 0.3) is 0 Å². The van der Waals surface area contributed by atoms with E-state index >= 15 is 0 Å². The predicted molar refractivity (Wildman–Crippen MR) is 81.0 cm³/mol. The van der Waals surface area contributed by atoms with E-state index < -0.39 is 0 Å². The average molecular weight is 257 g/mol. The van der Waals surface area contributed by atoms with Crippen molar-refractivity contribution in [3.05, 3.63) is 28.1 Å². The Kier molecular flexibility index (Phi) is 2.99. The van der Waals surface area contributed by atoms with Crippen molar-refractivity contribution in [2.45, 2.75) is 84.0 Å². The summed E-state index contributed by atoms with van der Waals surface area (Å²) in [4.78, 5) is 5.11. The molecule has 0 saturated heterocycles. The average Bonchev–Trinajstić information content (AvgIpc) is 3.04. The second-order valence-corrected chi connectivity index (χ2v) is 7.74. The fourth-order valence-electron chi connectivity index (χ4n) is 3.73. The molecule has 1 heteroatoms. The highest BCUT2D eigenvalue weighted by atomic mass is 14.8. The van der Waals surface area contributed by atoms with Crippen LogP contribution in [-0.4, -0.2) is 4.98 Å². The highest BCUT2D eigenvalue weighted by Gasteiger charge is 2.35.